The molecular formula is C99H108BrClN2O20S. The summed E-state index contributed by atoms with van der Waals surface area (Å²) in [6.45, 7) is 12.3. The van der Waals surface area contributed by atoms with Crippen molar-refractivity contribution in [2.24, 2.45) is 22.7 Å². The Labute approximate surface area is 742 Å². The summed E-state index contributed by atoms with van der Waals surface area (Å²) in [5.74, 6) is -7.60. The summed E-state index contributed by atoms with van der Waals surface area (Å²) in [6.07, 6.45) is 4.06. The van der Waals surface area contributed by atoms with E-state index in [1.807, 2.05) is 128 Å². The number of rotatable bonds is 46. The molecule has 0 aromatic heterocycles. The lowest BCUT2D eigenvalue weighted by Gasteiger charge is -2.44. The van der Waals surface area contributed by atoms with Crippen LogP contribution in [0.15, 0.2) is 270 Å². The zero-order chi connectivity index (χ0) is 91.1. The first-order valence-corrected chi connectivity index (χ1v) is 42.9. The zero-order valence-electron chi connectivity index (χ0n) is 70.5. The Hall–Kier alpha value is -11.7. The molecule has 124 heavy (non-hydrogen) atoms. The van der Waals surface area contributed by atoms with Crippen molar-refractivity contribution in [3.63, 3.8) is 0 Å². The summed E-state index contributed by atoms with van der Waals surface area (Å²) in [5, 5.41) is 31.9. The highest BCUT2D eigenvalue weighted by Crippen LogP contribution is 2.49. The van der Waals surface area contributed by atoms with Gasteiger partial charge >= 0.3 is 17.9 Å². The Morgan fingerprint density at radius 2 is 1.02 bits per heavy atom. The molecule has 1 amide bonds. The van der Waals surface area contributed by atoms with E-state index in [0.717, 1.165) is 51.9 Å². The number of alkyl halides is 1. The molecule has 9 aromatic carbocycles. The largest absolute Gasteiger partial charge is 0.481 e. The Morgan fingerprint density at radius 3 is 1.44 bits per heavy atom. The molecule has 22 nitrogen and oxygen atoms in total. The fourth-order valence-corrected chi connectivity index (χ4v) is 16.4. The number of benzene rings is 9. The van der Waals surface area contributed by atoms with E-state index in [4.69, 9.17) is 25.8 Å². The molecule has 11 unspecified atom stereocenters. The number of amides is 1. The number of ether oxygens (including phenoxy) is 3. The standard InChI is InChI=1S/C42H40ClNO9.C21H18O.C14H24O7.C12H14BrNO2.C10H12OS/c1-29(26-46)23-33(31-11-5-2-6-12-31)25-37(32-13-7-3-8-14-32)40(49)42(28-48,35-15-9-4-10-16-35)38(21-22-45)53-41(50)39(43)34(27-47)24-30-17-19-36(20-18-30)44(51)52;22-17-16-21(18-10-4-1-5-11-18,19-12-6-2-7-13-19)20-14-8-3-9-15-20;1-5-13(9-15,10(16)17)14(6-2,11(18)19)12(20-7-3)21-8-4;1-9(5-4-8-15)14-12(16)10-6-2-3-7-11(10)13;1-9(7-8-11)12-10-5-3-2-4-6-10/h2-20,22,26-29,33-34,37-39H,21,23-25H2,1H3;1-15,17H,16H2;9,12H,5-8H2,1-4H3,(H,16,17)(H,18,19);2-3,6-9H,4-5H2,1H3,(H,14,16);2-6,8-9H,7H2,1H3. The number of nitrogens with one attached hydrogen (secondary N) is 1. The molecule has 11 atom stereocenters. The van der Waals surface area contributed by atoms with Crippen LogP contribution in [-0.2, 0) is 89.0 Å². The van der Waals surface area contributed by atoms with Crippen molar-refractivity contribution in [1.29, 1.82) is 0 Å². The van der Waals surface area contributed by atoms with Gasteiger partial charge in [0.25, 0.3) is 11.6 Å². The van der Waals surface area contributed by atoms with Gasteiger partial charge < -0.3 is 68.1 Å². The Bertz CT molecular complexity index is 4710. The molecule has 0 fully saturated rings. The third-order valence-corrected chi connectivity index (χ3v) is 23.7. The molecule has 0 saturated heterocycles. The average molecular weight is 1790 g/mol. The quantitative estimate of drug-likeness (QED) is 0.00367. The van der Waals surface area contributed by atoms with Crippen LogP contribution in [0, 0.1) is 32.8 Å². The van der Waals surface area contributed by atoms with Crippen LogP contribution in [0.3, 0.4) is 0 Å². The maximum Gasteiger partial charge on any atom is 0.325 e. The smallest absolute Gasteiger partial charge is 0.325 e. The summed E-state index contributed by atoms with van der Waals surface area (Å²) in [7, 11) is 0. The van der Waals surface area contributed by atoms with Crippen molar-refractivity contribution < 1.29 is 91.7 Å². The number of thioether (sulfide) groups is 1. The number of carbonyl (C=O) groups is 13. The van der Waals surface area contributed by atoms with Gasteiger partial charge in [0, 0.05) is 89.4 Å². The molecule has 0 radical (unpaired) electrons. The SMILES string of the molecule is CC(C=O)CC(CC(C(=O)C(C=O)(c1ccccc1)C(CC=O)OC(=O)C(Cl)C(C=O)Cc1ccc([N+](=O)[O-])cc1)c1ccccc1)c1ccccc1.CC(CC=O)Sc1ccccc1.CC(CCC=O)NC(=O)c1ccccc1Br.CCOC(OCC)C(CC)(C(=O)O)C(C=O)(CC)C(=O)O.O=CCC(c1ccccc1)(c1ccccc1)c1ccccc1. The second-order valence-corrected chi connectivity index (χ2v) is 32.1. The lowest BCUT2D eigenvalue weighted by molar-refractivity contribution is -0.384. The number of Topliss-reactive ketones (excluding diaryl/α,β-unsaturated/α-hetero) is 1. The van der Waals surface area contributed by atoms with E-state index < -0.39 is 86.3 Å². The van der Waals surface area contributed by atoms with E-state index in [2.05, 4.69) is 76.7 Å². The van der Waals surface area contributed by atoms with Crippen molar-refractivity contribution in [1.82, 2.24) is 5.32 Å². The number of halogens is 2. The van der Waals surface area contributed by atoms with E-state index in [0.29, 0.717) is 72.9 Å². The molecule has 0 aliphatic carbocycles. The van der Waals surface area contributed by atoms with Gasteiger partial charge in [-0.3, -0.25) is 34.1 Å². The first-order valence-electron chi connectivity index (χ1n) is 40.8. The average Bonchev–Trinajstić information content (AvgIpc) is 0.734. The predicted molar refractivity (Wildman–Crippen MR) is 481 cm³/mol. The number of carbonyl (C=O) groups excluding carboxylic acids is 11. The minimum absolute atomic E-state index is 0.00445. The van der Waals surface area contributed by atoms with E-state index in [1.54, 1.807) is 99.3 Å². The summed E-state index contributed by atoms with van der Waals surface area (Å²) in [5.41, 5.74) is -0.763. The fourth-order valence-electron chi connectivity index (χ4n) is 14.8. The number of hydrogen-bond acceptors (Lipinski definition) is 19. The minimum atomic E-state index is -2.21. The van der Waals surface area contributed by atoms with Gasteiger partial charge in [-0.25, -0.2) is 0 Å². The second kappa shape index (κ2) is 54.1. The number of nitro benzene ring substituents is 1. The van der Waals surface area contributed by atoms with Crippen LogP contribution in [0.25, 0.3) is 0 Å². The summed E-state index contributed by atoms with van der Waals surface area (Å²) >= 11 is 11.6. The monoisotopic (exact) mass is 1790 g/mol. The second-order valence-electron chi connectivity index (χ2n) is 29.3. The highest BCUT2D eigenvalue weighted by atomic mass is 79.9. The first kappa shape index (κ1) is 103. The van der Waals surface area contributed by atoms with E-state index in [9.17, 15) is 77.9 Å². The minimum Gasteiger partial charge on any atom is -0.481 e. The highest BCUT2D eigenvalue weighted by molar-refractivity contribution is 9.10. The van der Waals surface area contributed by atoms with Crippen LogP contribution >= 0.6 is 39.3 Å². The van der Waals surface area contributed by atoms with Gasteiger partial charge in [0.05, 0.1) is 15.9 Å². The summed E-state index contributed by atoms with van der Waals surface area (Å²) in [4.78, 5) is 170. The van der Waals surface area contributed by atoms with Crippen LogP contribution in [0.2, 0.25) is 0 Å². The van der Waals surface area contributed by atoms with Gasteiger partial charge in [-0.2, -0.15) is 0 Å². The van der Waals surface area contributed by atoms with Crippen molar-refractivity contribution in [3.8, 4) is 0 Å². The molecule has 9 aromatic rings. The van der Waals surface area contributed by atoms with Crippen LogP contribution in [-0.4, -0.2) is 137 Å². The number of ketones is 1. The number of nitro groups is 1. The lowest BCUT2D eigenvalue weighted by atomic mass is 9.60. The molecule has 25 heteroatoms. The van der Waals surface area contributed by atoms with Crippen LogP contribution in [0.4, 0.5) is 5.69 Å². The van der Waals surface area contributed by atoms with Crippen molar-refractivity contribution in [3.05, 3.63) is 320 Å². The van der Waals surface area contributed by atoms with Crippen molar-refractivity contribution in [2.45, 2.75) is 169 Å². The number of nitrogens with zero attached hydrogens (tertiary/aromatic N) is 1. The lowest BCUT2D eigenvalue weighted by Crippen LogP contribution is -2.60. The van der Waals surface area contributed by atoms with Crippen molar-refractivity contribution >= 4 is 125 Å². The van der Waals surface area contributed by atoms with Gasteiger partial charge in [0.2, 0.25) is 0 Å². The number of carboxylic acid groups (broad SMARTS) is 2. The van der Waals surface area contributed by atoms with Gasteiger partial charge in [-0.1, -0.05) is 252 Å². The molecule has 0 bridgehead atoms. The van der Waals surface area contributed by atoms with Gasteiger partial charge in [-0.05, 0) is 144 Å². The third-order valence-electron chi connectivity index (χ3n) is 21.3. The molecule has 0 heterocycles. The van der Waals surface area contributed by atoms with Gasteiger partial charge in [0.15, 0.2) is 12.1 Å². The molecule has 654 valence electrons. The molecule has 0 aliphatic rings. The van der Waals surface area contributed by atoms with Gasteiger partial charge in [-0.15, -0.1) is 23.4 Å². The Balaban J connectivity index is 0.000000314. The van der Waals surface area contributed by atoms with Crippen LogP contribution in [0.1, 0.15) is 167 Å². The Kier molecular flexibility index (Phi) is 44.9. The predicted octanol–water partition coefficient (Wildman–Crippen LogP) is 18.4. The maximum absolute atomic E-state index is 15.3. The number of esters is 1. The van der Waals surface area contributed by atoms with Gasteiger partial charge in [0.1, 0.15) is 78.0 Å². The normalized spacial score (nSPS) is 14.2. The fraction of sp³-hybridized carbons (Fsp3) is 0.323. The highest BCUT2D eigenvalue weighted by Gasteiger charge is 2.65. The molecule has 0 aliphatic heterocycles. The number of aliphatic carboxylic acids is 2. The van der Waals surface area contributed by atoms with E-state index in [-0.39, 0.29) is 80.2 Å². The molecule has 0 saturated carbocycles. The summed E-state index contributed by atoms with van der Waals surface area (Å²) < 4.78 is 17.3. The number of aldehydes is 8. The van der Waals surface area contributed by atoms with Crippen LogP contribution in [0.5, 0.6) is 0 Å². The number of hydrogen-bond donors (Lipinski definition) is 3. The molecular weight excluding hydrogens is 1680 g/mol. The van der Waals surface area contributed by atoms with Crippen LogP contribution < -0.4 is 5.32 Å². The number of non-ortho nitro benzene ring substituents is 1. The molecule has 0 spiro atoms. The molecule has 9 rings (SSSR count). The number of carboxylic acids is 2. The topological polar surface area (TPSA) is 345 Å². The summed E-state index contributed by atoms with van der Waals surface area (Å²) in [6, 6.07) is 79.8. The van der Waals surface area contributed by atoms with E-state index >= 15 is 4.79 Å². The third kappa shape index (κ3) is 28.2. The maximum atomic E-state index is 15.3. The molecule has 3 N–H and O–H groups in total. The van der Waals surface area contributed by atoms with Crippen molar-refractivity contribution in [2.75, 3.05) is 13.2 Å². The first-order chi connectivity index (χ1) is 59.8. The Morgan fingerprint density at radius 1 is 0.548 bits per heavy atom. The zero-order valence-corrected chi connectivity index (χ0v) is 73.6. The van der Waals surface area contributed by atoms with E-state index in [1.165, 1.54) is 43.0 Å².